The predicted molar refractivity (Wildman–Crippen MR) is 87.1 cm³/mol. The van der Waals surface area contributed by atoms with Crippen LogP contribution in [0, 0.1) is 5.82 Å². The van der Waals surface area contributed by atoms with Crippen molar-refractivity contribution in [1.29, 1.82) is 0 Å². The molecule has 0 aliphatic rings. The molecule has 2 aromatic carbocycles. The molecule has 106 valence electrons. The number of rotatable bonds is 4. The molecule has 0 fully saturated rings. The number of ether oxygens (including phenoxy) is 1. The molecule has 0 bridgehead atoms. The second-order valence-electron chi connectivity index (χ2n) is 4.19. The lowest BCUT2D eigenvalue weighted by Crippen LogP contribution is -1.97. The molecule has 1 nitrogen and oxygen atoms in total. The van der Waals surface area contributed by atoms with Crippen LogP contribution in [0.25, 0.3) is 0 Å². The summed E-state index contributed by atoms with van der Waals surface area (Å²) in [5, 5.41) is -0.422. The molecule has 0 saturated heterocycles. The Balaban J connectivity index is 2.33. The van der Waals surface area contributed by atoms with Crippen molar-refractivity contribution < 1.29 is 9.13 Å². The minimum Gasteiger partial charge on any atom is -0.493 e. The van der Waals surface area contributed by atoms with Crippen LogP contribution in [0.1, 0.15) is 23.4 Å². The van der Waals surface area contributed by atoms with Gasteiger partial charge in [-0.05, 0) is 64.3 Å². The van der Waals surface area contributed by atoms with Crippen LogP contribution in [0.15, 0.2) is 45.3 Å². The van der Waals surface area contributed by atoms with Crippen molar-refractivity contribution in [2.45, 2.75) is 12.3 Å². The predicted octanol–water partition coefficient (Wildman–Crippen LogP) is 6.08. The van der Waals surface area contributed by atoms with Gasteiger partial charge in [-0.25, -0.2) is 4.39 Å². The third-order valence-electron chi connectivity index (χ3n) is 2.73. The normalized spacial score (nSPS) is 12.2. The van der Waals surface area contributed by atoms with E-state index in [0.717, 1.165) is 15.8 Å². The smallest absolute Gasteiger partial charge is 0.133 e. The molecule has 20 heavy (non-hydrogen) atoms. The van der Waals surface area contributed by atoms with Crippen molar-refractivity contribution in [1.82, 2.24) is 0 Å². The van der Waals surface area contributed by atoms with E-state index in [2.05, 4.69) is 31.9 Å². The van der Waals surface area contributed by atoms with Gasteiger partial charge in [0, 0.05) is 4.47 Å². The highest BCUT2D eigenvalue weighted by Gasteiger charge is 2.14. The fourth-order valence-corrected chi connectivity index (χ4v) is 3.12. The van der Waals surface area contributed by atoms with Crippen LogP contribution in [0.2, 0.25) is 0 Å². The standard InChI is InChI=1S/C15H12Br2ClFO/c1-2-20-14-4-3-9(7-13(14)17)15(18)10-5-11(16)8-12(19)6-10/h3-8,15H,2H2,1H3. The van der Waals surface area contributed by atoms with Gasteiger partial charge >= 0.3 is 0 Å². The molecule has 0 aliphatic carbocycles. The molecule has 0 aliphatic heterocycles. The molecule has 0 N–H and O–H groups in total. The number of benzene rings is 2. The number of alkyl halides is 1. The highest BCUT2D eigenvalue weighted by atomic mass is 79.9. The van der Waals surface area contributed by atoms with Crippen molar-refractivity contribution in [3.8, 4) is 5.75 Å². The number of hydrogen-bond donors (Lipinski definition) is 0. The molecule has 0 radical (unpaired) electrons. The Hall–Kier alpha value is -0.580. The molecule has 0 spiro atoms. The number of halogens is 4. The maximum atomic E-state index is 13.4. The van der Waals surface area contributed by atoms with Crippen molar-refractivity contribution in [2.24, 2.45) is 0 Å². The molecule has 5 heteroatoms. The minimum atomic E-state index is -0.422. The summed E-state index contributed by atoms with van der Waals surface area (Å²) in [7, 11) is 0. The first-order chi connectivity index (χ1) is 9.51. The van der Waals surface area contributed by atoms with E-state index >= 15 is 0 Å². The highest BCUT2D eigenvalue weighted by Crippen LogP contribution is 2.35. The first-order valence-corrected chi connectivity index (χ1v) is 8.05. The first kappa shape index (κ1) is 15.8. The lowest BCUT2D eigenvalue weighted by Gasteiger charge is -2.13. The van der Waals surface area contributed by atoms with E-state index in [-0.39, 0.29) is 5.82 Å². The Kier molecular flexibility index (Phi) is 5.47. The fourth-order valence-electron chi connectivity index (χ4n) is 1.86. The lowest BCUT2D eigenvalue weighted by atomic mass is 10.0. The molecule has 0 heterocycles. The van der Waals surface area contributed by atoms with Crippen LogP contribution in [0.4, 0.5) is 4.39 Å². The van der Waals surface area contributed by atoms with Crippen molar-refractivity contribution in [2.75, 3.05) is 6.61 Å². The molecule has 0 amide bonds. The molecule has 2 aromatic rings. The van der Waals surface area contributed by atoms with E-state index in [9.17, 15) is 4.39 Å². The van der Waals surface area contributed by atoms with Crippen molar-refractivity contribution in [3.63, 3.8) is 0 Å². The average Bonchev–Trinajstić information content (AvgIpc) is 2.39. The lowest BCUT2D eigenvalue weighted by molar-refractivity contribution is 0.338. The zero-order chi connectivity index (χ0) is 14.7. The largest absolute Gasteiger partial charge is 0.493 e. The Labute approximate surface area is 139 Å². The van der Waals surface area contributed by atoms with Gasteiger partial charge in [0.15, 0.2) is 0 Å². The molecule has 0 saturated carbocycles. The van der Waals surface area contributed by atoms with Crippen LogP contribution >= 0.6 is 43.5 Å². The molecule has 1 atom stereocenters. The Bertz CT molecular complexity index is 599. The van der Waals surface area contributed by atoms with Crippen LogP contribution in [0.3, 0.4) is 0 Å². The summed E-state index contributed by atoms with van der Waals surface area (Å²) in [5.41, 5.74) is 1.58. The topological polar surface area (TPSA) is 9.23 Å². The first-order valence-electron chi connectivity index (χ1n) is 6.03. The average molecular weight is 423 g/mol. The van der Waals surface area contributed by atoms with Crippen molar-refractivity contribution in [3.05, 3.63) is 62.3 Å². The van der Waals surface area contributed by atoms with Crippen LogP contribution in [-0.2, 0) is 0 Å². The summed E-state index contributed by atoms with van der Waals surface area (Å²) in [5.74, 6) is 0.450. The van der Waals surface area contributed by atoms with E-state index in [1.807, 2.05) is 31.2 Å². The summed E-state index contributed by atoms with van der Waals surface area (Å²) in [4.78, 5) is 0. The van der Waals surface area contributed by atoms with Gasteiger partial charge in [-0.1, -0.05) is 22.0 Å². The molecule has 0 aromatic heterocycles. The van der Waals surface area contributed by atoms with Gasteiger partial charge in [0.1, 0.15) is 11.6 Å². The molecule has 2 rings (SSSR count). The van der Waals surface area contributed by atoms with E-state index in [4.69, 9.17) is 16.3 Å². The van der Waals surface area contributed by atoms with Gasteiger partial charge in [0.05, 0.1) is 16.5 Å². The van der Waals surface area contributed by atoms with Gasteiger partial charge < -0.3 is 4.74 Å². The van der Waals surface area contributed by atoms with Crippen molar-refractivity contribution >= 4 is 43.5 Å². The van der Waals surface area contributed by atoms with Gasteiger partial charge in [-0.2, -0.15) is 0 Å². The summed E-state index contributed by atoms with van der Waals surface area (Å²) < 4.78 is 20.4. The second kappa shape index (κ2) is 6.92. The molecular formula is C15H12Br2ClFO. The Morgan fingerprint density at radius 3 is 2.50 bits per heavy atom. The van der Waals surface area contributed by atoms with Gasteiger partial charge in [0.25, 0.3) is 0 Å². The SMILES string of the molecule is CCOc1ccc(C(Cl)c2cc(F)cc(Br)c2)cc1Br. The molecular weight excluding hydrogens is 410 g/mol. The maximum absolute atomic E-state index is 13.4. The third kappa shape index (κ3) is 3.74. The third-order valence-corrected chi connectivity index (χ3v) is 4.31. The molecule has 1 unspecified atom stereocenters. The fraction of sp³-hybridized carbons (Fsp3) is 0.200. The van der Waals surface area contributed by atoms with E-state index in [1.165, 1.54) is 12.1 Å². The van der Waals surface area contributed by atoms with Crippen LogP contribution in [0.5, 0.6) is 5.75 Å². The van der Waals surface area contributed by atoms with Gasteiger partial charge in [0.2, 0.25) is 0 Å². The summed E-state index contributed by atoms with van der Waals surface area (Å²) in [6.45, 7) is 2.52. The minimum absolute atomic E-state index is 0.315. The zero-order valence-corrected chi connectivity index (χ0v) is 14.6. The van der Waals surface area contributed by atoms with E-state index < -0.39 is 5.38 Å². The van der Waals surface area contributed by atoms with E-state index in [0.29, 0.717) is 16.6 Å². The number of hydrogen-bond acceptors (Lipinski definition) is 1. The van der Waals surface area contributed by atoms with Crippen LogP contribution < -0.4 is 4.74 Å². The van der Waals surface area contributed by atoms with Crippen LogP contribution in [-0.4, -0.2) is 6.61 Å². The highest BCUT2D eigenvalue weighted by molar-refractivity contribution is 9.10. The second-order valence-corrected chi connectivity index (χ2v) is 6.39. The summed E-state index contributed by atoms with van der Waals surface area (Å²) in [6.07, 6.45) is 0. The zero-order valence-electron chi connectivity index (χ0n) is 10.7. The van der Waals surface area contributed by atoms with E-state index in [1.54, 1.807) is 0 Å². The maximum Gasteiger partial charge on any atom is 0.133 e. The quantitative estimate of drug-likeness (QED) is 0.543. The Morgan fingerprint density at radius 1 is 1.15 bits per heavy atom. The summed E-state index contributed by atoms with van der Waals surface area (Å²) in [6, 6.07) is 10.3. The summed E-state index contributed by atoms with van der Waals surface area (Å²) >= 11 is 13.2. The monoisotopic (exact) mass is 420 g/mol. The van der Waals surface area contributed by atoms with Gasteiger partial charge in [-0.3, -0.25) is 0 Å². The van der Waals surface area contributed by atoms with Gasteiger partial charge in [-0.15, -0.1) is 11.6 Å². The Morgan fingerprint density at radius 2 is 1.90 bits per heavy atom.